The zero-order valence-electron chi connectivity index (χ0n) is 16.0. The zero-order chi connectivity index (χ0) is 21.3. The van der Waals surface area contributed by atoms with Gasteiger partial charge in [-0.3, -0.25) is 9.78 Å². The molecule has 0 aliphatic carbocycles. The maximum Gasteiger partial charge on any atom is 0.404 e. The van der Waals surface area contributed by atoms with Crippen molar-refractivity contribution in [2.45, 2.75) is 13.3 Å². The monoisotopic (exact) mass is 429 g/mol. The first-order chi connectivity index (χ1) is 14.5. The van der Waals surface area contributed by atoms with E-state index in [2.05, 4.69) is 35.3 Å². The van der Waals surface area contributed by atoms with Crippen molar-refractivity contribution in [1.82, 2.24) is 24.6 Å². The van der Waals surface area contributed by atoms with E-state index < -0.39 is 6.09 Å². The third-order valence-electron chi connectivity index (χ3n) is 3.74. The first-order valence-corrected chi connectivity index (χ1v) is 9.66. The molecule has 0 unspecified atom stereocenters. The SMILES string of the molecule is Cc1nsc(Nc2cnccn2)c1C(=O)Nc1ccc(OCCCNC(=O)O)nc1. The van der Waals surface area contributed by atoms with Gasteiger partial charge in [0.15, 0.2) is 0 Å². The molecule has 4 N–H and O–H groups in total. The summed E-state index contributed by atoms with van der Waals surface area (Å²) < 4.78 is 9.68. The van der Waals surface area contributed by atoms with Gasteiger partial charge in [0.2, 0.25) is 5.88 Å². The van der Waals surface area contributed by atoms with Crippen LogP contribution in [0.5, 0.6) is 5.88 Å². The van der Waals surface area contributed by atoms with Crippen LogP contribution in [0.4, 0.5) is 21.3 Å². The molecule has 0 spiro atoms. The lowest BCUT2D eigenvalue weighted by molar-refractivity contribution is 0.102. The molecule has 0 radical (unpaired) electrons. The lowest BCUT2D eigenvalue weighted by Crippen LogP contribution is -2.23. The molecule has 0 aliphatic rings. The van der Waals surface area contributed by atoms with Gasteiger partial charge in [-0.15, -0.1) is 0 Å². The van der Waals surface area contributed by atoms with Gasteiger partial charge in [0.05, 0.1) is 35.9 Å². The molecule has 0 aliphatic heterocycles. The molecule has 0 saturated carbocycles. The number of hydrogen-bond donors (Lipinski definition) is 4. The molecule has 3 aromatic rings. The second-order valence-corrected chi connectivity index (χ2v) is 6.73. The van der Waals surface area contributed by atoms with Crippen molar-refractivity contribution in [1.29, 1.82) is 0 Å². The minimum absolute atomic E-state index is 0.294. The molecule has 12 heteroatoms. The van der Waals surface area contributed by atoms with Gasteiger partial charge in [-0.1, -0.05) is 0 Å². The van der Waals surface area contributed by atoms with E-state index in [1.807, 2.05) is 0 Å². The van der Waals surface area contributed by atoms with Gasteiger partial charge < -0.3 is 25.8 Å². The summed E-state index contributed by atoms with van der Waals surface area (Å²) in [6.45, 7) is 2.36. The summed E-state index contributed by atoms with van der Waals surface area (Å²) in [5.41, 5.74) is 1.50. The minimum Gasteiger partial charge on any atom is -0.478 e. The van der Waals surface area contributed by atoms with Crippen molar-refractivity contribution < 1.29 is 19.4 Å². The van der Waals surface area contributed by atoms with Gasteiger partial charge in [0.1, 0.15) is 10.8 Å². The minimum atomic E-state index is -1.07. The average molecular weight is 429 g/mol. The van der Waals surface area contributed by atoms with Crippen molar-refractivity contribution in [3.8, 4) is 5.88 Å². The van der Waals surface area contributed by atoms with Crippen LogP contribution in [0.25, 0.3) is 0 Å². The fourth-order valence-electron chi connectivity index (χ4n) is 2.38. The van der Waals surface area contributed by atoms with Crippen LogP contribution in [0.15, 0.2) is 36.9 Å². The van der Waals surface area contributed by atoms with Gasteiger partial charge >= 0.3 is 6.09 Å². The number of anilines is 3. The summed E-state index contributed by atoms with van der Waals surface area (Å²) in [7, 11) is 0. The standard InChI is InChI=1S/C18H19N7O4S/c1-11-15(17(30-25-11)24-13-10-19-6-7-20-13)16(26)23-12-3-4-14(22-9-12)29-8-2-5-21-18(27)28/h3-4,6-7,9-10,21H,2,5,8H2,1H3,(H,20,24)(H,23,26)(H,27,28). The highest BCUT2D eigenvalue weighted by molar-refractivity contribution is 7.10. The van der Waals surface area contributed by atoms with Gasteiger partial charge in [0.25, 0.3) is 5.91 Å². The molecule has 30 heavy (non-hydrogen) atoms. The number of aryl methyl sites for hydroxylation is 1. The Balaban J connectivity index is 1.57. The molecule has 3 heterocycles. The van der Waals surface area contributed by atoms with Crippen molar-refractivity contribution in [3.05, 3.63) is 48.2 Å². The Hall–Kier alpha value is -3.80. The van der Waals surface area contributed by atoms with E-state index in [9.17, 15) is 9.59 Å². The summed E-state index contributed by atoms with van der Waals surface area (Å²) in [5, 5.41) is 17.2. The Morgan fingerprint density at radius 3 is 2.77 bits per heavy atom. The Morgan fingerprint density at radius 2 is 2.07 bits per heavy atom. The van der Waals surface area contributed by atoms with Crippen LogP contribution >= 0.6 is 11.5 Å². The molecule has 2 amide bonds. The highest BCUT2D eigenvalue weighted by Gasteiger charge is 2.19. The lowest BCUT2D eigenvalue weighted by atomic mass is 10.2. The summed E-state index contributed by atoms with van der Waals surface area (Å²) in [6.07, 6.45) is 5.58. The number of aromatic nitrogens is 4. The molecule has 0 bridgehead atoms. The Morgan fingerprint density at radius 1 is 1.20 bits per heavy atom. The molecule has 11 nitrogen and oxygen atoms in total. The van der Waals surface area contributed by atoms with Gasteiger partial charge in [0, 0.05) is 25.0 Å². The van der Waals surface area contributed by atoms with Crippen LogP contribution in [0.2, 0.25) is 0 Å². The summed E-state index contributed by atoms with van der Waals surface area (Å²) in [5.74, 6) is 0.557. The fraction of sp³-hybridized carbons (Fsp3) is 0.222. The molecule has 3 rings (SSSR count). The Bertz CT molecular complexity index is 996. The average Bonchev–Trinajstić information content (AvgIpc) is 3.09. The summed E-state index contributed by atoms with van der Waals surface area (Å²) >= 11 is 1.16. The molecule has 0 fully saturated rings. The number of hydrogen-bond acceptors (Lipinski definition) is 9. The van der Waals surface area contributed by atoms with Crippen LogP contribution in [-0.2, 0) is 0 Å². The largest absolute Gasteiger partial charge is 0.478 e. The van der Waals surface area contributed by atoms with Crippen LogP contribution in [0.3, 0.4) is 0 Å². The highest BCUT2D eigenvalue weighted by Crippen LogP contribution is 2.28. The lowest BCUT2D eigenvalue weighted by Gasteiger charge is -2.09. The molecule has 3 aromatic heterocycles. The molecular weight excluding hydrogens is 410 g/mol. The predicted octanol–water partition coefficient (Wildman–Crippen LogP) is 2.67. The smallest absolute Gasteiger partial charge is 0.404 e. The van der Waals surface area contributed by atoms with E-state index in [1.165, 1.54) is 6.20 Å². The first kappa shape index (κ1) is 20.9. The van der Waals surface area contributed by atoms with Crippen molar-refractivity contribution in [2.24, 2.45) is 0 Å². The van der Waals surface area contributed by atoms with Crippen molar-refractivity contribution in [2.75, 3.05) is 23.8 Å². The zero-order valence-corrected chi connectivity index (χ0v) is 16.8. The van der Waals surface area contributed by atoms with Gasteiger partial charge in [-0.2, -0.15) is 4.37 Å². The number of ether oxygens (including phenoxy) is 1. The summed E-state index contributed by atoms with van der Waals surface area (Å²) in [4.78, 5) is 35.4. The van der Waals surface area contributed by atoms with E-state index in [0.29, 0.717) is 53.2 Å². The van der Waals surface area contributed by atoms with E-state index in [4.69, 9.17) is 9.84 Å². The molecule has 156 valence electrons. The molecule has 0 aromatic carbocycles. The van der Waals surface area contributed by atoms with Gasteiger partial charge in [-0.25, -0.2) is 14.8 Å². The van der Waals surface area contributed by atoms with E-state index in [-0.39, 0.29) is 5.91 Å². The molecule has 0 atom stereocenters. The normalized spacial score (nSPS) is 10.3. The first-order valence-electron chi connectivity index (χ1n) is 8.89. The van der Waals surface area contributed by atoms with Crippen LogP contribution in [0, 0.1) is 6.92 Å². The number of carbonyl (C=O) groups is 2. The number of amides is 2. The van der Waals surface area contributed by atoms with Crippen molar-refractivity contribution in [3.63, 3.8) is 0 Å². The van der Waals surface area contributed by atoms with Crippen molar-refractivity contribution >= 4 is 40.0 Å². The summed E-state index contributed by atoms with van der Waals surface area (Å²) in [6, 6.07) is 3.29. The van der Waals surface area contributed by atoms with E-state index in [1.54, 1.807) is 37.6 Å². The van der Waals surface area contributed by atoms with Crippen LogP contribution < -0.4 is 20.7 Å². The number of carboxylic acid groups (broad SMARTS) is 1. The van der Waals surface area contributed by atoms with Gasteiger partial charge in [-0.05, 0) is 30.9 Å². The van der Waals surface area contributed by atoms with E-state index in [0.717, 1.165) is 11.5 Å². The third kappa shape index (κ3) is 5.85. The topological polar surface area (TPSA) is 151 Å². The fourth-order valence-corrected chi connectivity index (χ4v) is 3.18. The number of carbonyl (C=O) groups excluding carboxylic acids is 1. The van der Waals surface area contributed by atoms with Crippen LogP contribution in [0.1, 0.15) is 22.5 Å². The second-order valence-electron chi connectivity index (χ2n) is 5.96. The Kier molecular flexibility index (Phi) is 7.05. The second kappa shape index (κ2) is 10.1. The Labute approximate surface area is 175 Å². The maximum absolute atomic E-state index is 12.8. The molecule has 0 saturated heterocycles. The van der Waals surface area contributed by atoms with E-state index >= 15 is 0 Å². The van der Waals surface area contributed by atoms with Crippen LogP contribution in [-0.4, -0.2) is 49.6 Å². The number of nitrogens with zero attached hydrogens (tertiary/aromatic N) is 4. The maximum atomic E-state index is 12.8. The quantitative estimate of drug-likeness (QED) is 0.376. The predicted molar refractivity (Wildman–Crippen MR) is 110 cm³/mol. The number of rotatable bonds is 9. The third-order valence-corrected chi connectivity index (χ3v) is 4.59. The number of nitrogens with one attached hydrogen (secondary N) is 3. The number of pyridine rings is 1. The highest BCUT2D eigenvalue weighted by atomic mass is 32.1. The molecular formula is C18H19N7O4S.